The molecule has 10 nitrogen and oxygen atoms in total. The fourth-order valence-electron chi connectivity index (χ4n) is 3.12. The predicted octanol–water partition coefficient (Wildman–Crippen LogP) is 0.885. The van der Waals surface area contributed by atoms with Crippen molar-refractivity contribution in [1.82, 2.24) is 14.5 Å². The molecule has 2 unspecified atom stereocenters. The highest BCUT2D eigenvalue weighted by atomic mass is 32.2. The molecule has 0 bridgehead atoms. The third-order valence-corrected chi connectivity index (χ3v) is 7.40. The van der Waals surface area contributed by atoms with E-state index in [-0.39, 0.29) is 34.6 Å². The summed E-state index contributed by atoms with van der Waals surface area (Å²) in [6.45, 7) is -0.183. The molecule has 1 aromatic rings. The van der Waals surface area contributed by atoms with Crippen LogP contribution in [0.15, 0.2) is 57.2 Å². The van der Waals surface area contributed by atoms with E-state index in [2.05, 4.69) is 4.72 Å². The van der Waals surface area contributed by atoms with Gasteiger partial charge in [0.2, 0.25) is 0 Å². The third kappa shape index (κ3) is 3.55. The van der Waals surface area contributed by atoms with Crippen molar-refractivity contribution in [3.05, 3.63) is 53.0 Å². The minimum absolute atomic E-state index is 0.0441. The zero-order valence-corrected chi connectivity index (χ0v) is 16.8. The number of imide groups is 1. The number of rotatable bonds is 5. The topological polar surface area (TPSA) is 125 Å². The Morgan fingerprint density at radius 1 is 1.38 bits per heavy atom. The molecular formula is C17H17N3O7S2. The molecule has 4 rings (SSSR count). The average molecular weight is 439 g/mol. The van der Waals surface area contributed by atoms with E-state index in [1.165, 1.54) is 36.4 Å². The highest BCUT2D eigenvalue weighted by Gasteiger charge is 2.40. The molecule has 2 saturated heterocycles. The summed E-state index contributed by atoms with van der Waals surface area (Å²) in [4.78, 5) is 26.1. The molecule has 0 radical (unpaired) electrons. The monoisotopic (exact) mass is 439 g/mol. The first-order valence-corrected chi connectivity index (χ1v) is 10.8. The van der Waals surface area contributed by atoms with Crippen molar-refractivity contribution in [1.29, 1.82) is 0 Å². The second-order valence-electron chi connectivity index (χ2n) is 6.48. The van der Waals surface area contributed by atoms with Crippen LogP contribution >= 0.6 is 11.3 Å². The minimum atomic E-state index is -3.82. The number of urea groups is 1. The predicted molar refractivity (Wildman–Crippen MR) is 101 cm³/mol. The maximum Gasteiger partial charge on any atom is 0.331 e. The van der Waals surface area contributed by atoms with E-state index in [1.54, 1.807) is 11.4 Å². The summed E-state index contributed by atoms with van der Waals surface area (Å²) in [7, 11) is -2.32. The van der Waals surface area contributed by atoms with E-state index in [0.29, 0.717) is 0 Å². The van der Waals surface area contributed by atoms with Gasteiger partial charge in [-0.3, -0.25) is 4.79 Å². The zero-order valence-electron chi connectivity index (χ0n) is 15.1. The molecule has 1 aromatic heterocycles. The van der Waals surface area contributed by atoms with Crippen molar-refractivity contribution in [2.45, 2.75) is 16.4 Å². The van der Waals surface area contributed by atoms with Gasteiger partial charge in [-0.25, -0.2) is 22.8 Å². The lowest BCUT2D eigenvalue weighted by Crippen LogP contribution is -2.44. The largest absolute Gasteiger partial charge is 0.504 e. The highest BCUT2D eigenvalue weighted by molar-refractivity contribution is 7.91. The van der Waals surface area contributed by atoms with Crippen molar-refractivity contribution in [3.8, 4) is 0 Å². The molecule has 3 aliphatic rings. The minimum Gasteiger partial charge on any atom is -0.504 e. The Kier molecular flexibility index (Phi) is 4.94. The maximum absolute atomic E-state index is 12.6. The molecule has 2 N–H and O–H groups in total. The van der Waals surface area contributed by atoms with Gasteiger partial charge in [0.05, 0.1) is 6.04 Å². The molecule has 0 spiro atoms. The first-order valence-electron chi connectivity index (χ1n) is 8.49. The summed E-state index contributed by atoms with van der Waals surface area (Å²) >= 11 is 1.07. The lowest BCUT2D eigenvalue weighted by atomic mass is 9.97. The van der Waals surface area contributed by atoms with Crippen LogP contribution in [0.25, 0.3) is 0 Å². The third-order valence-electron chi connectivity index (χ3n) is 4.54. The number of carbonyl (C=O) groups is 2. The summed E-state index contributed by atoms with van der Waals surface area (Å²) in [5, 5.41) is 12.1. The van der Waals surface area contributed by atoms with E-state index in [4.69, 9.17) is 9.47 Å². The molecule has 2 fully saturated rings. The van der Waals surface area contributed by atoms with Gasteiger partial charge >= 0.3 is 6.03 Å². The van der Waals surface area contributed by atoms with Crippen LogP contribution in [0.1, 0.15) is 0 Å². The van der Waals surface area contributed by atoms with E-state index >= 15 is 0 Å². The number of likely N-dealkylation sites (N-methyl/N-ethyl adjacent to an activating group) is 1. The Balaban J connectivity index is 1.63. The number of allylic oxidation sites excluding steroid dienone is 1. The number of ether oxygens (including phenoxy) is 2. The quantitative estimate of drug-likeness (QED) is 0.653. The summed E-state index contributed by atoms with van der Waals surface area (Å²) in [6.07, 6.45) is 3.21. The van der Waals surface area contributed by atoms with E-state index < -0.39 is 34.1 Å². The van der Waals surface area contributed by atoms with Gasteiger partial charge in [0, 0.05) is 18.8 Å². The zero-order chi connectivity index (χ0) is 20.8. The van der Waals surface area contributed by atoms with Crippen LogP contribution in [-0.4, -0.2) is 67.8 Å². The lowest BCUT2D eigenvalue weighted by molar-refractivity contribution is -0.123. The van der Waals surface area contributed by atoms with Crippen molar-refractivity contribution in [2.24, 2.45) is 0 Å². The number of thiophene rings is 1. The van der Waals surface area contributed by atoms with Crippen LogP contribution in [-0.2, 0) is 24.3 Å². The standard InChI is InChI=1S/C17H17N3O7S2/c1-19-8-12(21)20(17(19)23)5-4-10-7-11(15-16(14(10)22)27-9-26-15)18-29(24,25)13-3-2-6-28-13/h2-7,11,15,18,22H,8-9H2,1H3/b5-4+. The average Bonchev–Trinajstić information content (AvgIpc) is 3.40. The van der Waals surface area contributed by atoms with Crippen molar-refractivity contribution >= 4 is 33.3 Å². The molecule has 1 aliphatic carbocycles. The molecule has 2 aliphatic heterocycles. The van der Waals surface area contributed by atoms with Gasteiger partial charge in [0.25, 0.3) is 15.9 Å². The Morgan fingerprint density at radius 3 is 2.83 bits per heavy atom. The Bertz CT molecular complexity index is 1040. The number of hydrogen-bond donors (Lipinski definition) is 2. The van der Waals surface area contributed by atoms with Gasteiger partial charge in [-0.15, -0.1) is 11.3 Å². The maximum atomic E-state index is 12.6. The molecular weight excluding hydrogens is 422 g/mol. The van der Waals surface area contributed by atoms with Crippen molar-refractivity contribution < 1.29 is 32.6 Å². The number of sulfonamides is 1. The van der Waals surface area contributed by atoms with E-state index in [9.17, 15) is 23.1 Å². The number of nitrogens with one attached hydrogen (secondary N) is 1. The Hall–Kier alpha value is -2.67. The Labute approximate surface area is 170 Å². The van der Waals surface area contributed by atoms with Gasteiger partial charge in [0.1, 0.15) is 16.9 Å². The molecule has 0 aromatic carbocycles. The van der Waals surface area contributed by atoms with Crippen LogP contribution in [0.4, 0.5) is 4.79 Å². The number of hydrogen-bond acceptors (Lipinski definition) is 8. The number of amides is 3. The fraction of sp³-hybridized carbons (Fsp3) is 0.294. The number of aliphatic hydroxyl groups excluding tert-OH is 1. The van der Waals surface area contributed by atoms with Crippen molar-refractivity contribution in [2.75, 3.05) is 20.4 Å². The fourth-order valence-corrected chi connectivity index (χ4v) is 5.31. The summed E-state index contributed by atoms with van der Waals surface area (Å²) in [6, 6.07) is 1.74. The van der Waals surface area contributed by atoms with Gasteiger partial charge in [-0.2, -0.15) is 0 Å². The van der Waals surface area contributed by atoms with Crippen LogP contribution in [0, 0.1) is 0 Å². The number of nitrogens with zero attached hydrogens (tertiary/aromatic N) is 2. The van der Waals surface area contributed by atoms with Crippen LogP contribution in [0.5, 0.6) is 0 Å². The number of carbonyl (C=O) groups excluding carboxylic acids is 2. The van der Waals surface area contributed by atoms with E-state index in [0.717, 1.165) is 16.2 Å². The Morgan fingerprint density at radius 2 is 2.17 bits per heavy atom. The first kappa shape index (κ1) is 19.6. The lowest BCUT2D eigenvalue weighted by Gasteiger charge is -2.25. The number of fused-ring (bicyclic) bond motifs is 1. The first-order chi connectivity index (χ1) is 13.8. The summed E-state index contributed by atoms with van der Waals surface area (Å²) < 4.78 is 38.6. The molecule has 154 valence electrons. The van der Waals surface area contributed by atoms with Gasteiger partial charge in [0.15, 0.2) is 18.3 Å². The molecule has 29 heavy (non-hydrogen) atoms. The van der Waals surface area contributed by atoms with Crippen LogP contribution in [0.3, 0.4) is 0 Å². The van der Waals surface area contributed by atoms with Crippen LogP contribution in [0.2, 0.25) is 0 Å². The summed E-state index contributed by atoms with van der Waals surface area (Å²) in [5.41, 5.74) is 0.191. The molecule has 12 heteroatoms. The van der Waals surface area contributed by atoms with Gasteiger partial charge < -0.3 is 19.5 Å². The van der Waals surface area contributed by atoms with Crippen LogP contribution < -0.4 is 4.72 Å². The number of aliphatic hydroxyl groups is 1. The smallest absolute Gasteiger partial charge is 0.331 e. The normalized spacial score (nSPS) is 25.1. The molecule has 2 atom stereocenters. The van der Waals surface area contributed by atoms with E-state index in [1.807, 2.05) is 0 Å². The van der Waals surface area contributed by atoms with Crippen molar-refractivity contribution in [3.63, 3.8) is 0 Å². The summed E-state index contributed by atoms with van der Waals surface area (Å²) in [5.74, 6) is -0.574. The SMILES string of the molecule is CN1CC(=O)N(/C=C/C2=CC(NS(=O)(=O)c3cccs3)C3OCOC3=C2O)C1=O. The van der Waals surface area contributed by atoms with Gasteiger partial charge in [-0.05, 0) is 17.5 Å². The molecule has 3 amide bonds. The second kappa shape index (κ2) is 7.30. The van der Waals surface area contributed by atoms with Gasteiger partial charge in [-0.1, -0.05) is 12.1 Å². The second-order valence-corrected chi connectivity index (χ2v) is 9.37. The molecule has 0 saturated carbocycles. The molecule has 3 heterocycles. The highest BCUT2D eigenvalue weighted by Crippen LogP contribution is 2.33.